The number of benzene rings is 1. The van der Waals surface area contributed by atoms with Crippen LogP contribution in [0.1, 0.15) is 38.4 Å². The van der Waals surface area contributed by atoms with Gasteiger partial charge in [0.1, 0.15) is 0 Å². The Labute approximate surface area is 230 Å². The van der Waals surface area contributed by atoms with Gasteiger partial charge in [-0.15, -0.1) is 0 Å². The fourth-order valence-electron chi connectivity index (χ4n) is 4.14. The molecular formula is C26H32F3N7O4. The number of morpholine rings is 1. The normalized spacial score (nSPS) is 16.9. The molecule has 2 aliphatic rings. The summed E-state index contributed by atoms with van der Waals surface area (Å²) in [6.45, 7) is 10.6. The highest BCUT2D eigenvalue weighted by atomic mass is 19.4. The molecule has 2 aromatic rings. The number of nitrogens with zero attached hydrogens (tertiary/aromatic N) is 5. The number of anilines is 2. The van der Waals surface area contributed by atoms with E-state index in [1.54, 1.807) is 0 Å². The molecular weight excluding hydrogens is 531 g/mol. The van der Waals surface area contributed by atoms with Gasteiger partial charge in [-0.3, -0.25) is 4.90 Å². The first-order valence-corrected chi connectivity index (χ1v) is 12.7. The molecule has 11 nitrogen and oxygen atoms in total. The third kappa shape index (κ3) is 8.03. The van der Waals surface area contributed by atoms with Gasteiger partial charge >= 0.3 is 18.2 Å². The van der Waals surface area contributed by atoms with Crippen molar-refractivity contribution in [2.45, 2.75) is 58.5 Å². The van der Waals surface area contributed by atoms with Gasteiger partial charge in [-0.1, -0.05) is 12.1 Å². The van der Waals surface area contributed by atoms with Gasteiger partial charge in [0.2, 0.25) is 5.95 Å². The Hall–Kier alpha value is -3.96. The summed E-state index contributed by atoms with van der Waals surface area (Å²) in [4.78, 5) is 35.5. The lowest BCUT2D eigenvalue weighted by Gasteiger charge is -2.33. The lowest BCUT2D eigenvalue weighted by molar-refractivity contribution is -0.192. The smallest absolute Gasteiger partial charge is 0.475 e. The number of carbonyl (C=O) groups is 2. The van der Waals surface area contributed by atoms with E-state index in [1.165, 1.54) is 5.56 Å². The summed E-state index contributed by atoms with van der Waals surface area (Å²) >= 11 is 0. The summed E-state index contributed by atoms with van der Waals surface area (Å²) < 4.78 is 37.3. The standard InChI is InChI=1S/C24H31N7O2.C2HF3O2/c1-16(2)30-13-20-21(14-30)28-23(31-11-12-33-15-17(31)3)29-22(20)18-5-7-19(8-6-18)27-24(32)26-10-4-9-25;3-2(4,5)1(6)7/h5-8,16-17H,4,10-15H2,1-3H3,(H2,26,27,32);(H,6,7)/t17-;/m0./s1. The highest BCUT2D eigenvalue weighted by Crippen LogP contribution is 2.34. The number of ether oxygens (including phenoxy) is 1. The fraction of sp³-hybridized carbons (Fsp3) is 0.500. The summed E-state index contributed by atoms with van der Waals surface area (Å²) in [6.07, 6.45) is -4.80. The number of nitriles is 1. The zero-order chi connectivity index (χ0) is 29.4. The van der Waals surface area contributed by atoms with E-state index in [1.807, 2.05) is 30.3 Å². The number of halogens is 3. The summed E-state index contributed by atoms with van der Waals surface area (Å²) in [6, 6.07) is 10.0. The SMILES string of the molecule is CC(C)N1Cc2nc(N3CCOC[C@@H]3C)nc(-c3ccc(NC(=O)NCCC#N)cc3)c2C1.O=C(O)C(F)(F)F. The molecule has 1 aromatic heterocycles. The average Bonchev–Trinajstić information content (AvgIpc) is 3.34. The molecule has 0 spiro atoms. The molecule has 1 saturated heterocycles. The van der Waals surface area contributed by atoms with Gasteiger partial charge in [0.15, 0.2) is 0 Å². The molecule has 0 aliphatic carbocycles. The first-order valence-electron chi connectivity index (χ1n) is 12.7. The van der Waals surface area contributed by atoms with Gasteiger partial charge in [0.25, 0.3) is 0 Å². The third-order valence-corrected chi connectivity index (χ3v) is 6.33. The Morgan fingerprint density at radius 2 is 1.90 bits per heavy atom. The predicted octanol–water partition coefficient (Wildman–Crippen LogP) is 3.76. The van der Waals surface area contributed by atoms with Crippen molar-refractivity contribution in [2.24, 2.45) is 0 Å². The second-order valence-electron chi connectivity index (χ2n) is 9.58. The van der Waals surface area contributed by atoms with Gasteiger partial charge in [-0.25, -0.2) is 19.6 Å². The number of nitrogens with one attached hydrogen (secondary N) is 2. The van der Waals surface area contributed by atoms with Crippen LogP contribution in [0.3, 0.4) is 0 Å². The first kappa shape index (κ1) is 30.6. The summed E-state index contributed by atoms with van der Waals surface area (Å²) in [5, 5.41) is 21.2. The lowest BCUT2D eigenvalue weighted by Crippen LogP contribution is -2.44. The Morgan fingerprint density at radius 3 is 2.48 bits per heavy atom. The number of carboxylic acids is 1. The fourth-order valence-corrected chi connectivity index (χ4v) is 4.14. The van der Waals surface area contributed by atoms with Crippen LogP contribution in [-0.2, 0) is 22.6 Å². The molecule has 3 N–H and O–H groups in total. The van der Waals surface area contributed by atoms with Gasteiger partial charge in [0, 0.05) is 49.0 Å². The number of rotatable bonds is 6. The number of urea groups is 1. The quantitative estimate of drug-likeness (QED) is 0.448. The Kier molecular flexibility index (Phi) is 10.2. The Bertz CT molecular complexity index is 1230. The Balaban J connectivity index is 0.000000559. The predicted molar refractivity (Wildman–Crippen MR) is 140 cm³/mol. The van der Waals surface area contributed by atoms with Crippen LogP contribution < -0.4 is 15.5 Å². The minimum absolute atomic E-state index is 0.221. The van der Waals surface area contributed by atoms with Crippen molar-refractivity contribution >= 4 is 23.6 Å². The van der Waals surface area contributed by atoms with Crippen molar-refractivity contribution in [3.8, 4) is 17.3 Å². The first-order chi connectivity index (χ1) is 18.9. The lowest BCUT2D eigenvalue weighted by atomic mass is 10.1. The number of hydrogen-bond acceptors (Lipinski definition) is 8. The largest absolute Gasteiger partial charge is 0.490 e. The summed E-state index contributed by atoms with van der Waals surface area (Å²) in [5.74, 6) is -2.00. The van der Waals surface area contributed by atoms with E-state index >= 15 is 0 Å². The highest BCUT2D eigenvalue weighted by molar-refractivity contribution is 5.89. The number of aromatic nitrogens is 2. The minimum atomic E-state index is -5.08. The number of amides is 2. The zero-order valence-electron chi connectivity index (χ0n) is 22.5. The van der Waals surface area contributed by atoms with Crippen LogP contribution >= 0.6 is 0 Å². The van der Waals surface area contributed by atoms with Crippen LogP contribution in [-0.4, -0.2) is 76.5 Å². The van der Waals surface area contributed by atoms with E-state index in [0.717, 1.165) is 42.5 Å². The van der Waals surface area contributed by atoms with Crippen LogP contribution in [0.5, 0.6) is 0 Å². The molecule has 1 atom stereocenters. The van der Waals surface area contributed by atoms with E-state index < -0.39 is 12.1 Å². The molecule has 0 bridgehead atoms. The maximum absolute atomic E-state index is 12.0. The number of alkyl halides is 3. The summed E-state index contributed by atoms with van der Waals surface area (Å²) in [5.41, 5.74) is 4.88. The molecule has 14 heteroatoms. The van der Waals surface area contributed by atoms with Crippen molar-refractivity contribution in [3.05, 3.63) is 35.5 Å². The highest BCUT2D eigenvalue weighted by Gasteiger charge is 2.38. The van der Waals surface area contributed by atoms with E-state index in [2.05, 4.69) is 41.2 Å². The summed E-state index contributed by atoms with van der Waals surface area (Å²) in [7, 11) is 0. The van der Waals surface area contributed by atoms with Crippen LogP contribution in [0.25, 0.3) is 11.3 Å². The second-order valence-corrected chi connectivity index (χ2v) is 9.58. The third-order valence-electron chi connectivity index (χ3n) is 6.33. The van der Waals surface area contributed by atoms with E-state index in [9.17, 15) is 18.0 Å². The van der Waals surface area contributed by atoms with Gasteiger partial charge in [-0.05, 0) is 32.9 Å². The van der Waals surface area contributed by atoms with Crippen LogP contribution in [0.15, 0.2) is 24.3 Å². The molecule has 3 heterocycles. The van der Waals surface area contributed by atoms with Crippen molar-refractivity contribution in [2.75, 3.05) is 36.5 Å². The molecule has 0 unspecified atom stereocenters. The molecule has 2 amide bonds. The van der Waals surface area contributed by atoms with Crippen molar-refractivity contribution in [3.63, 3.8) is 0 Å². The van der Waals surface area contributed by atoms with Gasteiger partial charge in [0.05, 0.1) is 43.1 Å². The number of fused-ring (bicyclic) bond motifs is 1. The van der Waals surface area contributed by atoms with Crippen molar-refractivity contribution < 1.29 is 32.6 Å². The van der Waals surface area contributed by atoms with Gasteiger partial charge in [-0.2, -0.15) is 18.4 Å². The molecule has 4 rings (SSSR count). The minimum Gasteiger partial charge on any atom is -0.475 e. The second kappa shape index (κ2) is 13.4. The van der Waals surface area contributed by atoms with Crippen molar-refractivity contribution in [1.29, 1.82) is 5.26 Å². The number of carboxylic acid groups (broad SMARTS) is 1. The maximum Gasteiger partial charge on any atom is 0.490 e. The molecule has 0 saturated carbocycles. The molecule has 1 fully saturated rings. The van der Waals surface area contributed by atoms with Crippen LogP contribution in [0, 0.1) is 11.3 Å². The topological polar surface area (TPSA) is 144 Å². The molecule has 0 radical (unpaired) electrons. The zero-order valence-corrected chi connectivity index (χ0v) is 22.5. The average molecular weight is 564 g/mol. The van der Waals surface area contributed by atoms with Crippen molar-refractivity contribution in [1.82, 2.24) is 20.2 Å². The number of aliphatic carboxylic acids is 1. The monoisotopic (exact) mass is 563 g/mol. The number of hydrogen-bond donors (Lipinski definition) is 3. The molecule has 216 valence electrons. The number of carbonyl (C=O) groups excluding carboxylic acids is 1. The van der Waals surface area contributed by atoms with E-state index in [-0.39, 0.29) is 18.5 Å². The van der Waals surface area contributed by atoms with Crippen LogP contribution in [0.4, 0.5) is 29.6 Å². The Morgan fingerprint density at radius 1 is 1.23 bits per heavy atom. The van der Waals surface area contributed by atoms with Crippen LogP contribution in [0.2, 0.25) is 0 Å². The van der Waals surface area contributed by atoms with E-state index in [4.69, 9.17) is 29.9 Å². The molecule has 1 aromatic carbocycles. The molecule has 2 aliphatic heterocycles. The maximum atomic E-state index is 12.0. The molecule has 40 heavy (non-hydrogen) atoms. The van der Waals surface area contributed by atoms with E-state index in [0.29, 0.717) is 31.5 Å². The van der Waals surface area contributed by atoms with Gasteiger partial charge < -0.3 is 25.4 Å².